The van der Waals surface area contributed by atoms with Gasteiger partial charge in [-0.3, -0.25) is 9.78 Å². The number of methoxy groups -OCH3 is 1. The van der Waals surface area contributed by atoms with E-state index in [0.29, 0.717) is 30.8 Å². The van der Waals surface area contributed by atoms with E-state index in [-0.39, 0.29) is 23.9 Å². The third kappa shape index (κ3) is 4.51. The quantitative estimate of drug-likeness (QED) is 0.801. The molecule has 27 heavy (non-hydrogen) atoms. The van der Waals surface area contributed by atoms with Crippen LogP contribution in [0.2, 0.25) is 0 Å². The van der Waals surface area contributed by atoms with Gasteiger partial charge in [-0.15, -0.1) is 0 Å². The highest BCUT2D eigenvalue weighted by Crippen LogP contribution is 2.33. The van der Waals surface area contributed by atoms with Gasteiger partial charge in [0.15, 0.2) is 5.82 Å². The highest BCUT2D eigenvalue weighted by atomic mass is 16.5. The minimum absolute atomic E-state index is 0.119. The van der Waals surface area contributed by atoms with Crippen molar-refractivity contribution in [1.29, 1.82) is 0 Å². The zero-order valence-corrected chi connectivity index (χ0v) is 16.0. The zero-order chi connectivity index (χ0) is 19.4. The average Bonchev–Trinajstić information content (AvgIpc) is 3.09. The summed E-state index contributed by atoms with van der Waals surface area (Å²) in [7, 11) is 1.62. The van der Waals surface area contributed by atoms with Crippen LogP contribution in [-0.4, -0.2) is 50.0 Å². The Morgan fingerprint density at radius 1 is 1.44 bits per heavy atom. The Labute approximate surface area is 159 Å². The second kappa shape index (κ2) is 8.58. The van der Waals surface area contributed by atoms with Crippen molar-refractivity contribution in [3.05, 3.63) is 41.7 Å². The molecule has 0 unspecified atom stereocenters. The van der Waals surface area contributed by atoms with E-state index in [9.17, 15) is 9.90 Å². The van der Waals surface area contributed by atoms with Gasteiger partial charge >= 0.3 is 0 Å². The summed E-state index contributed by atoms with van der Waals surface area (Å²) in [6.45, 7) is 4.49. The van der Waals surface area contributed by atoms with Crippen LogP contribution in [0.1, 0.15) is 67.1 Å². The molecule has 1 amide bonds. The number of carbonyl (C=O) groups excluding carboxylic acids is 1. The number of hydrogen-bond donors (Lipinski definition) is 2. The fraction of sp³-hybridized carbons (Fsp3) is 0.579. The molecule has 3 rings (SSSR count). The van der Waals surface area contributed by atoms with Crippen molar-refractivity contribution in [1.82, 2.24) is 25.1 Å². The first-order chi connectivity index (χ1) is 13.0. The molecule has 3 atom stereocenters. The van der Waals surface area contributed by atoms with Crippen LogP contribution >= 0.6 is 0 Å². The van der Waals surface area contributed by atoms with Gasteiger partial charge in [0.1, 0.15) is 12.4 Å². The van der Waals surface area contributed by atoms with Crippen LogP contribution in [0.4, 0.5) is 0 Å². The Morgan fingerprint density at radius 3 is 2.93 bits per heavy atom. The minimum Gasteiger partial charge on any atom is -0.391 e. The number of ether oxygens (including phenoxy) is 1. The van der Waals surface area contributed by atoms with Gasteiger partial charge in [0.25, 0.3) is 5.91 Å². The maximum absolute atomic E-state index is 12.5. The number of nitrogens with zero attached hydrogens (tertiary/aromatic N) is 4. The van der Waals surface area contributed by atoms with E-state index >= 15 is 0 Å². The first-order valence-corrected chi connectivity index (χ1v) is 9.32. The molecule has 2 aromatic rings. The van der Waals surface area contributed by atoms with E-state index < -0.39 is 6.10 Å². The lowest BCUT2D eigenvalue weighted by molar-refractivity contribution is 0.0667. The number of nitrogens with one attached hydrogen (secondary N) is 1. The number of rotatable bonds is 6. The van der Waals surface area contributed by atoms with Crippen LogP contribution in [0.5, 0.6) is 0 Å². The van der Waals surface area contributed by atoms with Crippen molar-refractivity contribution >= 4 is 5.91 Å². The first kappa shape index (κ1) is 19.4. The Bertz CT molecular complexity index is 762. The molecule has 1 aliphatic carbocycles. The normalized spacial score (nSPS) is 22.8. The summed E-state index contributed by atoms with van der Waals surface area (Å²) in [5.74, 6) is 1.44. The molecule has 0 bridgehead atoms. The predicted molar refractivity (Wildman–Crippen MR) is 99.2 cm³/mol. The molecule has 0 aliphatic heterocycles. The van der Waals surface area contributed by atoms with Crippen LogP contribution < -0.4 is 5.32 Å². The first-order valence-electron chi connectivity index (χ1n) is 9.32. The summed E-state index contributed by atoms with van der Waals surface area (Å²) in [5.41, 5.74) is 0.486. The van der Waals surface area contributed by atoms with Gasteiger partial charge in [-0.05, 0) is 45.2 Å². The van der Waals surface area contributed by atoms with Crippen LogP contribution in [0, 0.1) is 0 Å². The zero-order valence-electron chi connectivity index (χ0n) is 16.0. The molecule has 146 valence electrons. The lowest BCUT2D eigenvalue weighted by Crippen LogP contribution is -2.47. The average molecular weight is 373 g/mol. The number of aliphatic hydroxyl groups is 1. The van der Waals surface area contributed by atoms with Crippen molar-refractivity contribution in [3.63, 3.8) is 0 Å². The molecule has 8 nitrogen and oxygen atoms in total. The Kier molecular flexibility index (Phi) is 6.18. The summed E-state index contributed by atoms with van der Waals surface area (Å²) in [4.78, 5) is 21.1. The topological polar surface area (TPSA) is 102 Å². The van der Waals surface area contributed by atoms with E-state index in [1.54, 1.807) is 25.4 Å². The number of pyridine rings is 1. The van der Waals surface area contributed by atoms with Crippen molar-refractivity contribution in [2.45, 2.75) is 63.8 Å². The Balaban J connectivity index is 1.76. The highest BCUT2D eigenvalue weighted by molar-refractivity contribution is 5.94. The van der Waals surface area contributed by atoms with Crippen LogP contribution in [0.25, 0.3) is 0 Å². The van der Waals surface area contributed by atoms with Gasteiger partial charge in [0, 0.05) is 31.5 Å². The summed E-state index contributed by atoms with van der Waals surface area (Å²) in [5, 5.41) is 17.9. The molecule has 2 heterocycles. The van der Waals surface area contributed by atoms with Crippen LogP contribution in [0.3, 0.4) is 0 Å². The van der Waals surface area contributed by atoms with Gasteiger partial charge in [-0.25, -0.2) is 9.67 Å². The third-order valence-corrected chi connectivity index (χ3v) is 4.88. The maximum Gasteiger partial charge on any atom is 0.253 e. The molecule has 0 spiro atoms. The van der Waals surface area contributed by atoms with Crippen molar-refractivity contribution in [3.8, 4) is 0 Å². The van der Waals surface area contributed by atoms with E-state index in [1.165, 1.54) is 6.20 Å². The standard InChI is InChI=1S/C19H27N5O3/c1-12(2)24-18(22-17(23-24)11-27-3)13-6-7-16(25)15(9-13)21-19(26)14-5-4-8-20-10-14/h4-5,8,10,12-13,15-16,25H,6-7,9,11H2,1-3H3,(H,21,26)/t13-,15+,16+/m0/s1. The van der Waals surface area contributed by atoms with Gasteiger partial charge in [-0.2, -0.15) is 5.10 Å². The molecular formula is C19H27N5O3. The number of carbonyl (C=O) groups is 1. The monoisotopic (exact) mass is 373 g/mol. The van der Waals surface area contributed by atoms with E-state index in [4.69, 9.17) is 4.74 Å². The fourth-order valence-electron chi connectivity index (χ4n) is 3.52. The maximum atomic E-state index is 12.5. The predicted octanol–water partition coefficient (Wildman–Crippen LogP) is 1.83. The second-order valence-electron chi connectivity index (χ2n) is 7.26. The molecule has 1 aliphatic rings. The number of hydrogen-bond acceptors (Lipinski definition) is 6. The molecule has 1 fully saturated rings. The van der Waals surface area contributed by atoms with Crippen LogP contribution in [0.15, 0.2) is 24.5 Å². The fourth-order valence-corrected chi connectivity index (χ4v) is 3.52. The molecule has 0 saturated heterocycles. The van der Waals surface area contributed by atoms with Gasteiger partial charge < -0.3 is 15.2 Å². The molecule has 2 aromatic heterocycles. The van der Waals surface area contributed by atoms with E-state index in [2.05, 4.69) is 34.2 Å². The SMILES string of the molecule is COCc1nc([C@H]2CC[C@@H](O)[C@H](NC(=O)c3cccnc3)C2)n(C(C)C)n1. The number of amides is 1. The van der Waals surface area contributed by atoms with E-state index in [0.717, 1.165) is 12.2 Å². The lowest BCUT2D eigenvalue weighted by Gasteiger charge is -2.33. The second-order valence-corrected chi connectivity index (χ2v) is 7.26. The summed E-state index contributed by atoms with van der Waals surface area (Å²) >= 11 is 0. The highest BCUT2D eigenvalue weighted by Gasteiger charge is 2.34. The Morgan fingerprint density at radius 2 is 2.26 bits per heavy atom. The molecule has 0 aromatic carbocycles. The summed E-state index contributed by atoms with van der Waals surface area (Å²) in [6, 6.07) is 3.27. The van der Waals surface area contributed by atoms with Crippen molar-refractivity contribution in [2.24, 2.45) is 0 Å². The van der Waals surface area contributed by atoms with Gasteiger partial charge in [0.2, 0.25) is 0 Å². The molecular weight excluding hydrogens is 346 g/mol. The summed E-state index contributed by atoms with van der Waals surface area (Å²) in [6.07, 6.45) is 4.60. The van der Waals surface area contributed by atoms with Crippen molar-refractivity contribution < 1.29 is 14.6 Å². The lowest BCUT2D eigenvalue weighted by atomic mass is 9.83. The largest absolute Gasteiger partial charge is 0.391 e. The van der Waals surface area contributed by atoms with Gasteiger partial charge in [-0.1, -0.05) is 0 Å². The summed E-state index contributed by atoms with van der Waals surface area (Å²) < 4.78 is 7.09. The molecule has 8 heteroatoms. The van der Waals surface area contributed by atoms with Gasteiger partial charge in [0.05, 0.1) is 17.7 Å². The molecule has 1 saturated carbocycles. The van der Waals surface area contributed by atoms with Crippen LogP contribution in [-0.2, 0) is 11.3 Å². The third-order valence-electron chi connectivity index (χ3n) is 4.88. The Hall–Kier alpha value is -2.32. The molecule has 0 radical (unpaired) electrons. The van der Waals surface area contributed by atoms with Crippen molar-refractivity contribution in [2.75, 3.05) is 7.11 Å². The minimum atomic E-state index is -0.573. The van der Waals surface area contributed by atoms with E-state index in [1.807, 2.05) is 4.68 Å². The number of aromatic nitrogens is 4. The molecule has 2 N–H and O–H groups in total. The number of aliphatic hydroxyl groups excluding tert-OH is 1. The smallest absolute Gasteiger partial charge is 0.253 e.